The summed E-state index contributed by atoms with van der Waals surface area (Å²) < 4.78 is 4.72. The molecule has 0 aliphatic heterocycles. The Labute approximate surface area is 211 Å². The minimum atomic E-state index is -0.00967. The topological polar surface area (TPSA) is 26.3 Å². The third-order valence-electron chi connectivity index (χ3n) is 8.99. The maximum absolute atomic E-state index is 11.1. The maximum Gasteiger partial charge on any atom is 0.308 e. The first-order chi connectivity index (χ1) is 16.0. The fraction of sp³-hybridized carbons (Fsp3) is 0.719. The van der Waals surface area contributed by atoms with Gasteiger partial charge in [0, 0.05) is 0 Å². The van der Waals surface area contributed by atoms with Gasteiger partial charge in [-0.05, 0) is 93.0 Å². The monoisotopic (exact) mass is 468 g/mol. The van der Waals surface area contributed by atoms with Gasteiger partial charge in [0.15, 0.2) is 0 Å². The molecule has 0 aromatic heterocycles. The molecule has 1 saturated carbocycles. The molecule has 0 N–H and O–H groups in total. The molecule has 3 aliphatic rings. The van der Waals surface area contributed by atoms with Crippen molar-refractivity contribution in [3.63, 3.8) is 0 Å². The molecule has 0 heterocycles. The van der Waals surface area contributed by atoms with E-state index >= 15 is 0 Å². The van der Waals surface area contributed by atoms with E-state index in [-0.39, 0.29) is 11.9 Å². The summed E-state index contributed by atoms with van der Waals surface area (Å²) in [6.07, 6.45) is 18.6. The van der Waals surface area contributed by atoms with Crippen molar-refractivity contribution in [1.82, 2.24) is 0 Å². The van der Waals surface area contributed by atoms with Gasteiger partial charge < -0.3 is 4.74 Å². The van der Waals surface area contributed by atoms with Gasteiger partial charge in [-0.15, -0.1) is 0 Å². The molecule has 0 aromatic rings. The molecule has 0 saturated heterocycles. The molecule has 1 fully saturated rings. The van der Waals surface area contributed by atoms with E-state index in [1.807, 2.05) is 6.08 Å². The Kier molecular flexibility index (Phi) is 10.5. The van der Waals surface area contributed by atoms with Gasteiger partial charge in [0.1, 0.15) is 0 Å². The van der Waals surface area contributed by atoms with Crippen molar-refractivity contribution in [2.75, 3.05) is 7.11 Å². The van der Waals surface area contributed by atoms with Gasteiger partial charge in [-0.2, -0.15) is 0 Å². The molecule has 3 rings (SSSR count). The van der Waals surface area contributed by atoms with Gasteiger partial charge in [-0.25, -0.2) is 0 Å². The van der Waals surface area contributed by atoms with Crippen LogP contribution in [-0.2, 0) is 9.53 Å². The van der Waals surface area contributed by atoms with Crippen molar-refractivity contribution in [3.8, 4) is 0 Å². The summed E-state index contributed by atoms with van der Waals surface area (Å²) in [4.78, 5) is 11.1. The first-order valence-corrected chi connectivity index (χ1v) is 13.8. The van der Waals surface area contributed by atoms with Crippen molar-refractivity contribution < 1.29 is 9.53 Å². The standard InChI is InChI=1S/C22H34.C10H18O2/c1-8-10-17(9-2)14-18-15-20-19(13-16(18)3)21(4,5)11-12-22(20,6)7;1-3-8-4-6-9(7-5-8)10(11)12-2/h8,10,13,18H,1,9,11-12,14-15H2,2-7H3;8-9H,3-7H2,1-2H3/b17-10+;. The van der Waals surface area contributed by atoms with Crippen LogP contribution >= 0.6 is 0 Å². The number of rotatable bonds is 6. The molecule has 0 radical (unpaired) electrons. The zero-order valence-electron chi connectivity index (χ0n) is 23.6. The van der Waals surface area contributed by atoms with Crippen LogP contribution < -0.4 is 0 Å². The third kappa shape index (κ3) is 7.22. The van der Waals surface area contributed by atoms with Gasteiger partial charge in [0.25, 0.3) is 0 Å². The minimum absolute atomic E-state index is 0.00967. The van der Waals surface area contributed by atoms with Crippen LogP contribution in [0.25, 0.3) is 0 Å². The number of carbonyl (C=O) groups excluding carboxylic acids is 1. The molecular formula is C32H52O2. The molecule has 0 spiro atoms. The summed E-state index contributed by atoms with van der Waals surface area (Å²) >= 11 is 0. The molecule has 2 heteroatoms. The Morgan fingerprint density at radius 1 is 1.09 bits per heavy atom. The first kappa shape index (κ1) is 28.7. The van der Waals surface area contributed by atoms with Gasteiger partial charge in [0.2, 0.25) is 0 Å². The fourth-order valence-corrected chi connectivity index (χ4v) is 6.12. The van der Waals surface area contributed by atoms with Crippen molar-refractivity contribution in [3.05, 3.63) is 47.1 Å². The Hall–Kier alpha value is -1.57. The highest BCUT2D eigenvalue weighted by Crippen LogP contribution is 2.54. The number of allylic oxidation sites excluding steroid dienone is 7. The molecule has 34 heavy (non-hydrogen) atoms. The van der Waals surface area contributed by atoms with E-state index in [1.54, 1.807) is 16.7 Å². The fourth-order valence-electron chi connectivity index (χ4n) is 6.12. The van der Waals surface area contributed by atoms with Crippen LogP contribution in [0.3, 0.4) is 0 Å². The van der Waals surface area contributed by atoms with Crippen LogP contribution in [-0.4, -0.2) is 13.1 Å². The predicted octanol–water partition coefficient (Wildman–Crippen LogP) is 9.38. The van der Waals surface area contributed by atoms with E-state index in [0.29, 0.717) is 16.7 Å². The lowest BCUT2D eigenvalue weighted by atomic mass is 9.58. The Balaban J connectivity index is 0.000000287. The average molecular weight is 469 g/mol. The lowest BCUT2D eigenvalue weighted by molar-refractivity contribution is -0.146. The van der Waals surface area contributed by atoms with Crippen LogP contribution in [0.5, 0.6) is 0 Å². The number of hydrogen-bond acceptors (Lipinski definition) is 2. The quantitative estimate of drug-likeness (QED) is 0.286. The van der Waals surface area contributed by atoms with Gasteiger partial charge in [-0.1, -0.05) is 89.5 Å². The third-order valence-corrected chi connectivity index (χ3v) is 8.99. The molecule has 0 aromatic carbocycles. The summed E-state index contributed by atoms with van der Waals surface area (Å²) in [6, 6.07) is 0. The summed E-state index contributed by atoms with van der Waals surface area (Å²) in [6.45, 7) is 20.4. The van der Waals surface area contributed by atoms with Gasteiger partial charge in [-0.3, -0.25) is 4.79 Å². The molecule has 192 valence electrons. The lowest BCUT2D eigenvalue weighted by Gasteiger charge is -2.46. The summed E-state index contributed by atoms with van der Waals surface area (Å²) in [5.41, 5.74) is 7.20. The van der Waals surface area contributed by atoms with Crippen molar-refractivity contribution >= 4 is 5.97 Å². The highest BCUT2D eigenvalue weighted by Gasteiger charge is 2.40. The van der Waals surface area contributed by atoms with E-state index in [9.17, 15) is 4.79 Å². The van der Waals surface area contributed by atoms with Crippen LogP contribution in [0.2, 0.25) is 0 Å². The van der Waals surface area contributed by atoms with Crippen LogP contribution in [0.1, 0.15) is 113 Å². The maximum atomic E-state index is 11.1. The van der Waals surface area contributed by atoms with Crippen molar-refractivity contribution in [2.24, 2.45) is 28.6 Å². The smallest absolute Gasteiger partial charge is 0.308 e. The molecule has 2 nitrogen and oxygen atoms in total. The van der Waals surface area contributed by atoms with E-state index in [2.05, 4.69) is 67.2 Å². The van der Waals surface area contributed by atoms with Crippen molar-refractivity contribution in [2.45, 2.75) is 113 Å². The second-order valence-corrected chi connectivity index (χ2v) is 12.2. The molecule has 1 atom stereocenters. The van der Waals surface area contributed by atoms with Gasteiger partial charge >= 0.3 is 5.97 Å². The van der Waals surface area contributed by atoms with Crippen LogP contribution in [0.15, 0.2) is 47.1 Å². The Morgan fingerprint density at radius 2 is 1.71 bits per heavy atom. The van der Waals surface area contributed by atoms with E-state index < -0.39 is 0 Å². The normalized spacial score (nSPS) is 28.2. The molecule has 1 unspecified atom stereocenters. The van der Waals surface area contributed by atoms with E-state index in [1.165, 1.54) is 57.6 Å². The SMILES string of the molecule is C=C/C=C(\CC)CC1CC2=C(C=C1C)C(C)(C)CCC2(C)C.CCC1CCC(C(=O)OC)CC1. The average Bonchev–Trinajstić information content (AvgIpc) is 2.82. The summed E-state index contributed by atoms with van der Waals surface area (Å²) in [5.74, 6) is 1.71. The second-order valence-electron chi connectivity index (χ2n) is 12.2. The van der Waals surface area contributed by atoms with E-state index in [4.69, 9.17) is 4.74 Å². The zero-order valence-corrected chi connectivity index (χ0v) is 23.6. The number of methoxy groups -OCH3 is 1. The highest BCUT2D eigenvalue weighted by atomic mass is 16.5. The molecule has 3 aliphatic carbocycles. The van der Waals surface area contributed by atoms with Gasteiger partial charge in [0.05, 0.1) is 13.0 Å². The number of esters is 1. The zero-order chi connectivity index (χ0) is 25.5. The molecule has 0 bridgehead atoms. The number of carbonyl (C=O) groups is 1. The Morgan fingerprint density at radius 3 is 2.24 bits per heavy atom. The predicted molar refractivity (Wildman–Crippen MR) is 147 cm³/mol. The largest absolute Gasteiger partial charge is 0.469 e. The first-order valence-electron chi connectivity index (χ1n) is 13.8. The number of hydrogen-bond donors (Lipinski definition) is 0. The highest BCUT2D eigenvalue weighted by molar-refractivity contribution is 5.72. The van der Waals surface area contributed by atoms with Crippen molar-refractivity contribution in [1.29, 1.82) is 0 Å². The summed E-state index contributed by atoms with van der Waals surface area (Å²) in [7, 11) is 1.48. The number of ether oxygens (including phenoxy) is 1. The summed E-state index contributed by atoms with van der Waals surface area (Å²) in [5, 5.41) is 0. The Bertz CT molecular complexity index is 797. The molecule has 0 amide bonds. The van der Waals surface area contributed by atoms with Crippen LogP contribution in [0, 0.1) is 28.6 Å². The van der Waals surface area contributed by atoms with E-state index in [0.717, 1.165) is 25.2 Å². The van der Waals surface area contributed by atoms with Crippen LogP contribution in [0.4, 0.5) is 0 Å². The second kappa shape index (κ2) is 12.4. The minimum Gasteiger partial charge on any atom is -0.469 e. The molecular weight excluding hydrogens is 416 g/mol. The lowest BCUT2D eigenvalue weighted by Crippen LogP contribution is -2.33.